The van der Waals surface area contributed by atoms with E-state index in [2.05, 4.69) is 23.8 Å². The Kier molecular flexibility index (Phi) is 4.36. The van der Waals surface area contributed by atoms with Crippen molar-refractivity contribution in [3.05, 3.63) is 0 Å². The maximum absolute atomic E-state index is 12.4. The first-order chi connectivity index (χ1) is 8.22. The molecule has 2 aliphatic rings. The molecule has 98 valence electrons. The molecule has 1 atom stereocenters. The van der Waals surface area contributed by atoms with Crippen molar-refractivity contribution in [1.29, 1.82) is 0 Å². The molecule has 5 heteroatoms. The fraction of sp³-hybridized carbons (Fsp3) is 0.917. The Hall–Kier alpha value is -0.650. The summed E-state index contributed by atoms with van der Waals surface area (Å²) in [5.41, 5.74) is 0. The van der Waals surface area contributed by atoms with Gasteiger partial charge in [-0.25, -0.2) is 0 Å². The summed E-state index contributed by atoms with van der Waals surface area (Å²) in [6.07, 6.45) is 0. The van der Waals surface area contributed by atoms with Gasteiger partial charge in [0.15, 0.2) is 0 Å². The van der Waals surface area contributed by atoms with Crippen LogP contribution in [0.4, 0.5) is 0 Å². The van der Waals surface area contributed by atoms with Crippen molar-refractivity contribution in [2.24, 2.45) is 0 Å². The van der Waals surface area contributed by atoms with Gasteiger partial charge in [-0.05, 0) is 13.6 Å². The molecule has 0 aromatic rings. The first-order valence-electron chi connectivity index (χ1n) is 6.51. The van der Waals surface area contributed by atoms with Crippen LogP contribution < -0.4 is 0 Å². The van der Waals surface area contributed by atoms with Gasteiger partial charge in [-0.1, -0.05) is 6.92 Å². The summed E-state index contributed by atoms with van der Waals surface area (Å²) in [7, 11) is 2.10. The molecule has 0 N–H and O–H groups in total. The minimum absolute atomic E-state index is 0.0582. The molecule has 0 bridgehead atoms. The molecule has 0 saturated carbocycles. The Bertz CT molecular complexity index is 264. The molecule has 0 aromatic carbocycles. The number of amides is 1. The molecule has 2 rings (SSSR count). The number of morpholine rings is 1. The van der Waals surface area contributed by atoms with Gasteiger partial charge in [-0.2, -0.15) is 0 Å². The van der Waals surface area contributed by atoms with E-state index >= 15 is 0 Å². The lowest BCUT2D eigenvalue weighted by molar-refractivity contribution is -0.144. The van der Waals surface area contributed by atoms with Crippen LogP contribution in [0.15, 0.2) is 0 Å². The second-order valence-electron chi connectivity index (χ2n) is 4.85. The highest BCUT2D eigenvalue weighted by molar-refractivity contribution is 5.82. The molecular weight excluding hydrogens is 218 g/mol. The standard InChI is InChI=1S/C12H23N3O2/c1-3-14-8-9-17-10-11(14)12(16)15-6-4-13(2)5-7-15/h11H,3-10H2,1-2H3. The van der Waals surface area contributed by atoms with Gasteiger partial charge in [0.1, 0.15) is 6.04 Å². The number of piperazine rings is 1. The molecule has 1 amide bonds. The third-order valence-corrected chi connectivity index (χ3v) is 3.75. The Morgan fingerprint density at radius 1 is 1.24 bits per heavy atom. The van der Waals surface area contributed by atoms with Crippen LogP contribution >= 0.6 is 0 Å². The van der Waals surface area contributed by atoms with Crippen LogP contribution in [0.3, 0.4) is 0 Å². The van der Waals surface area contributed by atoms with E-state index in [1.807, 2.05) is 4.90 Å². The number of hydrogen-bond acceptors (Lipinski definition) is 4. The first kappa shape index (κ1) is 12.8. The van der Waals surface area contributed by atoms with Gasteiger partial charge in [-0.15, -0.1) is 0 Å². The predicted molar refractivity (Wildman–Crippen MR) is 65.9 cm³/mol. The van der Waals surface area contributed by atoms with E-state index in [9.17, 15) is 4.79 Å². The zero-order valence-electron chi connectivity index (χ0n) is 10.9. The average Bonchev–Trinajstić information content (AvgIpc) is 2.39. The van der Waals surface area contributed by atoms with Crippen molar-refractivity contribution in [1.82, 2.24) is 14.7 Å². The molecule has 0 aliphatic carbocycles. The maximum atomic E-state index is 12.4. The molecule has 0 radical (unpaired) electrons. The topological polar surface area (TPSA) is 36.0 Å². The van der Waals surface area contributed by atoms with Gasteiger partial charge in [0, 0.05) is 32.7 Å². The van der Waals surface area contributed by atoms with Crippen molar-refractivity contribution in [2.45, 2.75) is 13.0 Å². The Labute approximate surface area is 103 Å². The third-order valence-electron chi connectivity index (χ3n) is 3.75. The Morgan fingerprint density at radius 2 is 1.94 bits per heavy atom. The number of likely N-dealkylation sites (N-methyl/N-ethyl adjacent to an activating group) is 2. The lowest BCUT2D eigenvalue weighted by atomic mass is 10.2. The van der Waals surface area contributed by atoms with Gasteiger partial charge in [0.05, 0.1) is 13.2 Å². The van der Waals surface area contributed by atoms with Crippen LogP contribution in [0.1, 0.15) is 6.92 Å². The predicted octanol–water partition coefficient (Wildman–Crippen LogP) is -0.519. The van der Waals surface area contributed by atoms with Gasteiger partial charge in [-0.3, -0.25) is 9.69 Å². The second-order valence-corrected chi connectivity index (χ2v) is 4.85. The zero-order valence-corrected chi connectivity index (χ0v) is 10.9. The summed E-state index contributed by atoms with van der Waals surface area (Å²) >= 11 is 0. The van der Waals surface area contributed by atoms with E-state index in [0.29, 0.717) is 6.61 Å². The van der Waals surface area contributed by atoms with Crippen LogP contribution in [0, 0.1) is 0 Å². The van der Waals surface area contributed by atoms with Gasteiger partial charge >= 0.3 is 0 Å². The molecule has 1 unspecified atom stereocenters. The molecule has 2 saturated heterocycles. The number of nitrogens with zero attached hydrogens (tertiary/aromatic N) is 3. The monoisotopic (exact) mass is 241 g/mol. The van der Waals surface area contributed by atoms with Crippen molar-refractivity contribution < 1.29 is 9.53 Å². The molecule has 0 aromatic heterocycles. The number of carbonyl (C=O) groups is 1. The smallest absolute Gasteiger partial charge is 0.242 e. The summed E-state index contributed by atoms with van der Waals surface area (Å²) in [5.74, 6) is 0.250. The van der Waals surface area contributed by atoms with E-state index in [4.69, 9.17) is 4.74 Å². The fourth-order valence-electron chi connectivity index (χ4n) is 2.48. The average molecular weight is 241 g/mol. The van der Waals surface area contributed by atoms with Gasteiger partial charge < -0.3 is 14.5 Å². The Balaban J connectivity index is 1.93. The van der Waals surface area contributed by atoms with Crippen molar-refractivity contribution in [3.8, 4) is 0 Å². The summed E-state index contributed by atoms with van der Waals surface area (Å²) < 4.78 is 5.45. The van der Waals surface area contributed by atoms with E-state index < -0.39 is 0 Å². The quantitative estimate of drug-likeness (QED) is 0.652. The van der Waals surface area contributed by atoms with E-state index in [0.717, 1.165) is 45.9 Å². The van der Waals surface area contributed by atoms with Crippen LogP contribution in [0.2, 0.25) is 0 Å². The van der Waals surface area contributed by atoms with E-state index in [-0.39, 0.29) is 11.9 Å². The normalized spacial score (nSPS) is 28.4. The molecule has 2 fully saturated rings. The minimum atomic E-state index is -0.0582. The lowest BCUT2D eigenvalue weighted by Gasteiger charge is -2.39. The number of rotatable bonds is 2. The summed E-state index contributed by atoms with van der Waals surface area (Å²) in [6, 6.07) is -0.0582. The zero-order chi connectivity index (χ0) is 12.3. The lowest BCUT2D eigenvalue weighted by Crippen LogP contribution is -2.57. The first-order valence-corrected chi connectivity index (χ1v) is 6.51. The summed E-state index contributed by atoms with van der Waals surface area (Å²) in [6.45, 7) is 8.87. The van der Waals surface area contributed by atoms with Crippen LogP contribution in [-0.4, -0.2) is 86.2 Å². The summed E-state index contributed by atoms with van der Waals surface area (Å²) in [5, 5.41) is 0. The van der Waals surface area contributed by atoms with Crippen LogP contribution in [0.25, 0.3) is 0 Å². The highest BCUT2D eigenvalue weighted by Gasteiger charge is 2.32. The minimum Gasteiger partial charge on any atom is -0.378 e. The maximum Gasteiger partial charge on any atom is 0.242 e. The molecule has 2 aliphatic heterocycles. The summed E-state index contributed by atoms with van der Waals surface area (Å²) in [4.78, 5) is 18.9. The third kappa shape index (κ3) is 2.97. The van der Waals surface area contributed by atoms with E-state index in [1.54, 1.807) is 0 Å². The molecule has 0 spiro atoms. The van der Waals surface area contributed by atoms with Crippen molar-refractivity contribution >= 4 is 5.91 Å². The SMILES string of the molecule is CCN1CCOCC1C(=O)N1CCN(C)CC1. The van der Waals surface area contributed by atoms with Crippen molar-refractivity contribution in [2.75, 3.05) is 59.5 Å². The number of hydrogen-bond donors (Lipinski definition) is 0. The van der Waals surface area contributed by atoms with Crippen LogP contribution in [0.5, 0.6) is 0 Å². The molecule has 5 nitrogen and oxygen atoms in total. The molecular formula is C12H23N3O2. The van der Waals surface area contributed by atoms with E-state index in [1.165, 1.54) is 0 Å². The van der Waals surface area contributed by atoms with Gasteiger partial charge in [0.2, 0.25) is 5.91 Å². The number of carbonyl (C=O) groups excluding carboxylic acids is 1. The van der Waals surface area contributed by atoms with Crippen molar-refractivity contribution in [3.63, 3.8) is 0 Å². The largest absolute Gasteiger partial charge is 0.378 e. The number of ether oxygens (including phenoxy) is 1. The Morgan fingerprint density at radius 3 is 2.59 bits per heavy atom. The van der Waals surface area contributed by atoms with Crippen LogP contribution in [-0.2, 0) is 9.53 Å². The molecule has 17 heavy (non-hydrogen) atoms. The highest BCUT2D eigenvalue weighted by Crippen LogP contribution is 2.11. The molecule has 2 heterocycles. The fourth-order valence-corrected chi connectivity index (χ4v) is 2.48. The second kappa shape index (κ2) is 5.80. The highest BCUT2D eigenvalue weighted by atomic mass is 16.5. The van der Waals surface area contributed by atoms with Gasteiger partial charge in [0.25, 0.3) is 0 Å².